The molecule has 0 atom stereocenters. The smallest absolute Gasteiger partial charge is 0.193 e. The van der Waals surface area contributed by atoms with E-state index in [1.165, 1.54) is 3.57 Å². The quantitative estimate of drug-likeness (QED) is 0.346. The van der Waals surface area contributed by atoms with Crippen LogP contribution in [0.15, 0.2) is 29.3 Å². The lowest BCUT2D eigenvalue weighted by Crippen LogP contribution is -2.48. The van der Waals surface area contributed by atoms with Crippen LogP contribution in [0.3, 0.4) is 0 Å². The molecule has 2 rings (SSSR count). The molecule has 0 aromatic heterocycles. The van der Waals surface area contributed by atoms with Crippen molar-refractivity contribution in [2.75, 3.05) is 40.4 Å². The number of benzene rings is 1. The second-order valence-corrected chi connectivity index (χ2v) is 6.36. The molecule has 22 heavy (non-hydrogen) atoms. The molecule has 6 heteroatoms. The third-order valence-electron chi connectivity index (χ3n) is 3.67. The predicted octanol–water partition coefficient (Wildman–Crippen LogP) is 2.36. The average molecular weight is 417 g/mol. The van der Waals surface area contributed by atoms with E-state index in [0.29, 0.717) is 6.61 Å². The van der Waals surface area contributed by atoms with Crippen molar-refractivity contribution in [1.29, 1.82) is 0 Å². The van der Waals surface area contributed by atoms with E-state index in [1.54, 1.807) is 7.11 Å². The SMILES string of the molecule is CN=C(NCCOC)N1CCC(Oc2ccccc2I)CC1. The van der Waals surface area contributed by atoms with Crippen LogP contribution in [0.4, 0.5) is 0 Å². The lowest BCUT2D eigenvalue weighted by Gasteiger charge is -2.34. The van der Waals surface area contributed by atoms with Crippen molar-refractivity contribution >= 4 is 28.6 Å². The number of para-hydroxylation sites is 1. The number of aliphatic imine (C=N–C) groups is 1. The number of methoxy groups -OCH3 is 1. The van der Waals surface area contributed by atoms with Gasteiger partial charge in [-0.3, -0.25) is 4.99 Å². The number of hydrogen-bond acceptors (Lipinski definition) is 3. The fourth-order valence-electron chi connectivity index (χ4n) is 2.50. The third kappa shape index (κ3) is 5.01. The van der Waals surface area contributed by atoms with Gasteiger partial charge in [0, 0.05) is 46.6 Å². The summed E-state index contributed by atoms with van der Waals surface area (Å²) in [5.74, 6) is 1.94. The van der Waals surface area contributed by atoms with Gasteiger partial charge in [-0.05, 0) is 34.7 Å². The molecule has 1 aliphatic heterocycles. The Bertz CT molecular complexity index is 488. The summed E-state index contributed by atoms with van der Waals surface area (Å²) in [6.45, 7) is 3.38. The maximum absolute atomic E-state index is 6.13. The second kappa shape index (κ2) is 9.19. The topological polar surface area (TPSA) is 46.1 Å². The van der Waals surface area contributed by atoms with Gasteiger partial charge >= 0.3 is 0 Å². The average Bonchev–Trinajstić information content (AvgIpc) is 2.55. The summed E-state index contributed by atoms with van der Waals surface area (Å²) < 4.78 is 12.4. The Balaban J connectivity index is 1.81. The van der Waals surface area contributed by atoms with Gasteiger partial charge in [-0.15, -0.1) is 0 Å². The molecule has 0 bridgehead atoms. The van der Waals surface area contributed by atoms with E-state index in [0.717, 1.165) is 44.2 Å². The molecule has 1 heterocycles. The highest BCUT2D eigenvalue weighted by atomic mass is 127. The Hall–Kier alpha value is -1.02. The van der Waals surface area contributed by atoms with E-state index in [2.05, 4.69) is 43.9 Å². The highest BCUT2D eigenvalue weighted by Crippen LogP contribution is 2.24. The monoisotopic (exact) mass is 417 g/mol. The standard InChI is InChI=1S/C16H24IN3O2/c1-18-16(19-9-12-21-2)20-10-7-13(8-11-20)22-15-6-4-3-5-14(15)17/h3-6,13H,7-12H2,1-2H3,(H,18,19). The molecule has 1 aliphatic rings. The van der Waals surface area contributed by atoms with Gasteiger partial charge in [-0.2, -0.15) is 0 Å². The Labute approximate surface area is 146 Å². The number of likely N-dealkylation sites (tertiary alicyclic amines) is 1. The Morgan fingerprint density at radius 3 is 2.73 bits per heavy atom. The molecule has 0 amide bonds. The molecule has 1 aromatic rings. The molecule has 0 saturated carbocycles. The van der Waals surface area contributed by atoms with Crippen LogP contribution < -0.4 is 10.1 Å². The van der Waals surface area contributed by atoms with Crippen LogP contribution in [-0.2, 0) is 4.74 Å². The van der Waals surface area contributed by atoms with E-state index in [4.69, 9.17) is 9.47 Å². The van der Waals surface area contributed by atoms with Crippen LogP contribution >= 0.6 is 22.6 Å². The van der Waals surface area contributed by atoms with Crippen molar-refractivity contribution in [3.05, 3.63) is 27.8 Å². The Morgan fingerprint density at radius 1 is 1.36 bits per heavy atom. The van der Waals surface area contributed by atoms with E-state index in [-0.39, 0.29) is 6.10 Å². The molecule has 1 fully saturated rings. The number of guanidine groups is 1. The minimum atomic E-state index is 0.282. The highest BCUT2D eigenvalue weighted by molar-refractivity contribution is 14.1. The first-order valence-electron chi connectivity index (χ1n) is 7.60. The predicted molar refractivity (Wildman–Crippen MR) is 97.6 cm³/mol. The zero-order valence-corrected chi connectivity index (χ0v) is 15.4. The largest absolute Gasteiger partial charge is 0.489 e. The highest BCUT2D eigenvalue weighted by Gasteiger charge is 2.23. The van der Waals surface area contributed by atoms with Gasteiger partial charge in [0.1, 0.15) is 11.9 Å². The maximum Gasteiger partial charge on any atom is 0.193 e. The summed E-state index contributed by atoms with van der Waals surface area (Å²) >= 11 is 2.32. The second-order valence-electron chi connectivity index (χ2n) is 5.20. The van der Waals surface area contributed by atoms with Gasteiger partial charge in [0.15, 0.2) is 5.96 Å². The molecular formula is C16H24IN3O2. The number of ether oxygens (including phenoxy) is 2. The minimum Gasteiger partial charge on any atom is -0.489 e. The van der Waals surface area contributed by atoms with Crippen molar-refractivity contribution in [1.82, 2.24) is 10.2 Å². The van der Waals surface area contributed by atoms with Crippen LogP contribution in [0.1, 0.15) is 12.8 Å². The minimum absolute atomic E-state index is 0.282. The normalized spacial score (nSPS) is 16.7. The molecule has 0 aliphatic carbocycles. The van der Waals surface area contributed by atoms with E-state index >= 15 is 0 Å². The van der Waals surface area contributed by atoms with E-state index in [1.807, 2.05) is 25.2 Å². The van der Waals surface area contributed by atoms with Crippen molar-refractivity contribution in [2.24, 2.45) is 4.99 Å². The summed E-state index contributed by atoms with van der Waals surface area (Å²) in [6.07, 6.45) is 2.30. The zero-order chi connectivity index (χ0) is 15.8. The van der Waals surface area contributed by atoms with Gasteiger partial charge in [-0.25, -0.2) is 0 Å². The van der Waals surface area contributed by atoms with Crippen LogP contribution in [-0.4, -0.2) is 57.4 Å². The van der Waals surface area contributed by atoms with Crippen molar-refractivity contribution in [3.8, 4) is 5.75 Å². The van der Waals surface area contributed by atoms with Crippen molar-refractivity contribution in [3.63, 3.8) is 0 Å². The number of nitrogens with one attached hydrogen (secondary N) is 1. The first-order valence-corrected chi connectivity index (χ1v) is 8.68. The zero-order valence-electron chi connectivity index (χ0n) is 13.2. The number of nitrogens with zero attached hydrogens (tertiary/aromatic N) is 2. The number of piperidine rings is 1. The molecule has 122 valence electrons. The third-order valence-corrected chi connectivity index (χ3v) is 4.56. The molecule has 0 spiro atoms. The molecule has 5 nitrogen and oxygen atoms in total. The van der Waals surface area contributed by atoms with E-state index < -0.39 is 0 Å². The summed E-state index contributed by atoms with van der Waals surface area (Å²) in [7, 11) is 3.53. The van der Waals surface area contributed by atoms with Gasteiger partial charge in [0.2, 0.25) is 0 Å². The summed E-state index contributed by atoms with van der Waals surface area (Å²) in [4.78, 5) is 6.62. The molecule has 1 saturated heterocycles. The molecule has 1 aromatic carbocycles. The summed E-state index contributed by atoms with van der Waals surface area (Å²) in [5.41, 5.74) is 0. The van der Waals surface area contributed by atoms with E-state index in [9.17, 15) is 0 Å². The number of rotatable bonds is 5. The lowest BCUT2D eigenvalue weighted by atomic mass is 10.1. The van der Waals surface area contributed by atoms with Crippen LogP contribution in [0.25, 0.3) is 0 Å². The van der Waals surface area contributed by atoms with Gasteiger partial charge in [0.25, 0.3) is 0 Å². The van der Waals surface area contributed by atoms with Gasteiger partial charge < -0.3 is 19.7 Å². The van der Waals surface area contributed by atoms with Gasteiger partial charge in [0.05, 0.1) is 10.2 Å². The number of halogens is 1. The van der Waals surface area contributed by atoms with Crippen molar-refractivity contribution in [2.45, 2.75) is 18.9 Å². The summed E-state index contributed by atoms with van der Waals surface area (Å²) in [5, 5.41) is 3.32. The lowest BCUT2D eigenvalue weighted by molar-refractivity contribution is 0.128. The first-order chi connectivity index (χ1) is 10.7. The Morgan fingerprint density at radius 2 is 2.09 bits per heavy atom. The maximum atomic E-state index is 6.13. The molecule has 0 unspecified atom stereocenters. The first kappa shape index (κ1) is 17.3. The van der Waals surface area contributed by atoms with Gasteiger partial charge in [-0.1, -0.05) is 12.1 Å². The van der Waals surface area contributed by atoms with Crippen LogP contribution in [0.5, 0.6) is 5.75 Å². The Kier molecular flexibility index (Phi) is 7.24. The van der Waals surface area contributed by atoms with Crippen LogP contribution in [0, 0.1) is 3.57 Å². The van der Waals surface area contributed by atoms with Crippen molar-refractivity contribution < 1.29 is 9.47 Å². The molecule has 1 N–H and O–H groups in total. The molecular weight excluding hydrogens is 393 g/mol. The fraction of sp³-hybridized carbons (Fsp3) is 0.562. The molecule has 0 radical (unpaired) electrons. The fourth-order valence-corrected chi connectivity index (χ4v) is 3.02. The number of hydrogen-bond donors (Lipinski definition) is 1. The van der Waals surface area contributed by atoms with Crippen LogP contribution in [0.2, 0.25) is 0 Å². The summed E-state index contributed by atoms with van der Waals surface area (Å²) in [6, 6.07) is 8.17.